The summed E-state index contributed by atoms with van der Waals surface area (Å²) in [5, 5.41) is 4.37. The lowest BCUT2D eigenvalue weighted by atomic mass is 10.2. The van der Waals surface area contributed by atoms with Crippen molar-refractivity contribution < 1.29 is 0 Å². The molecule has 0 aliphatic rings. The van der Waals surface area contributed by atoms with Crippen molar-refractivity contribution >= 4 is 44.8 Å². The van der Waals surface area contributed by atoms with Crippen LogP contribution in [0.25, 0.3) is 0 Å². The zero-order valence-electron chi connectivity index (χ0n) is 8.75. The number of pyridine rings is 1. The lowest BCUT2D eigenvalue weighted by molar-refractivity contribution is 1.14. The average molecular weight is 332 g/mol. The normalized spacial score (nSPS) is 10.3. The van der Waals surface area contributed by atoms with Gasteiger partial charge in [-0.1, -0.05) is 29.3 Å². The molecule has 0 saturated heterocycles. The first kappa shape index (κ1) is 12.7. The minimum atomic E-state index is 0.468. The van der Waals surface area contributed by atoms with E-state index in [2.05, 4.69) is 26.2 Å². The van der Waals surface area contributed by atoms with Crippen LogP contribution in [0, 0.1) is 0 Å². The highest BCUT2D eigenvalue weighted by molar-refractivity contribution is 9.10. The van der Waals surface area contributed by atoms with Crippen LogP contribution in [-0.4, -0.2) is 4.98 Å². The Morgan fingerprint density at radius 3 is 2.76 bits per heavy atom. The second kappa shape index (κ2) is 5.71. The maximum atomic E-state index is 6.01. The SMILES string of the molecule is Clc1cc(CNc2cccnc2Cl)ccc1Br. The van der Waals surface area contributed by atoms with Gasteiger partial charge < -0.3 is 5.32 Å². The molecule has 1 N–H and O–H groups in total. The van der Waals surface area contributed by atoms with Crippen molar-refractivity contribution in [1.29, 1.82) is 0 Å². The van der Waals surface area contributed by atoms with Gasteiger partial charge in [0.05, 0.1) is 10.7 Å². The third-order valence-corrected chi connectivity index (χ3v) is 3.76. The summed E-state index contributed by atoms with van der Waals surface area (Å²) in [5.74, 6) is 0. The van der Waals surface area contributed by atoms with E-state index in [-0.39, 0.29) is 0 Å². The number of anilines is 1. The fourth-order valence-corrected chi connectivity index (χ4v) is 2.00. The van der Waals surface area contributed by atoms with Crippen LogP contribution < -0.4 is 5.32 Å². The van der Waals surface area contributed by atoms with Gasteiger partial charge in [-0.05, 0) is 45.8 Å². The van der Waals surface area contributed by atoms with Gasteiger partial charge in [0.15, 0.2) is 5.15 Å². The van der Waals surface area contributed by atoms with Gasteiger partial charge in [-0.15, -0.1) is 0 Å². The van der Waals surface area contributed by atoms with Crippen LogP contribution in [0.3, 0.4) is 0 Å². The molecule has 0 aliphatic heterocycles. The highest BCUT2D eigenvalue weighted by Crippen LogP contribution is 2.24. The minimum Gasteiger partial charge on any atom is -0.378 e. The molecule has 1 heterocycles. The number of nitrogens with zero attached hydrogens (tertiary/aromatic N) is 1. The van der Waals surface area contributed by atoms with Gasteiger partial charge in [-0.2, -0.15) is 0 Å². The van der Waals surface area contributed by atoms with Crippen LogP contribution in [0.5, 0.6) is 0 Å². The molecule has 0 aliphatic carbocycles. The van der Waals surface area contributed by atoms with E-state index in [9.17, 15) is 0 Å². The number of hydrogen-bond acceptors (Lipinski definition) is 2. The standard InChI is InChI=1S/C12H9BrCl2N2/c13-9-4-3-8(6-10(9)14)7-17-11-2-1-5-16-12(11)15/h1-6,17H,7H2. The van der Waals surface area contributed by atoms with E-state index in [0.717, 1.165) is 15.7 Å². The molecule has 1 aromatic heterocycles. The first-order valence-electron chi connectivity index (χ1n) is 4.95. The Bertz CT molecular complexity index is 532. The minimum absolute atomic E-state index is 0.468. The molecule has 0 amide bonds. The van der Waals surface area contributed by atoms with E-state index in [0.29, 0.717) is 16.7 Å². The molecule has 0 radical (unpaired) electrons. The Morgan fingerprint density at radius 2 is 2.06 bits per heavy atom. The monoisotopic (exact) mass is 330 g/mol. The summed E-state index contributed by atoms with van der Waals surface area (Å²) >= 11 is 15.3. The van der Waals surface area contributed by atoms with Crippen molar-refractivity contribution in [1.82, 2.24) is 4.98 Å². The smallest absolute Gasteiger partial charge is 0.152 e. The lowest BCUT2D eigenvalue weighted by Crippen LogP contribution is -2.00. The van der Waals surface area contributed by atoms with E-state index in [1.807, 2.05) is 30.3 Å². The molecule has 0 bridgehead atoms. The first-order chi connectivity index (χ1) is 8.16. The number of rotatable bonds is 3. The molecule has 1 aromatic carbocycles. The Morgan fingerprint density at radius 1 is 1.24 bits per heavy atom. The zero-order chi connectivity index (χ0) is 12.3. The van der Waals surface area contributed by atoms with Crippen LogP contribution in [0.2, 0.25) is 10.2 Å². The number of benzene rings is 1. The van der Waals surface area contributed by atoms with Gasteiger partial charge >= 0.3 is 0 Å². The summed E-state index contributed by atoms with van der Waals surface area (Å²) in [6.45, 7) is 0.651. The number of hydrogen-bond donors (Lipinski definition) is 1. The highest BCUT2D eigenvalue weighted by atomic mass is 79.9. The van der Waals surface area contributed by atoms with Gasteiger partial charge in [0.25, 0.3) is 0 Å². The van der Waals surface area contributed by atoms with E-state index in [4.69, 9.17) is 23.2 Å². The number of aromatic nitrogens is 1. The largest absolute Gasteiger partial charge is 0.378 e. The van der Waals surface area contributed by atoms with Crippen LogP contribution in [0.4, 0.5) is 5.69 Å². The fourth-order valence-electron chi connectivity index (χ4n) is 1.36. The average Bonchev–Trinajstić information content (AvgIpc) is 2.32. The zero-order valence-corrected chi connectivity index (χ0v) is 11.9. The molecular formula is C12H9BrCl2N2. The van der Waals surface area contributed by atoms with E-state index >= 15 is 0 Å². The molecule has 0 spiro atoms. The lowest BCUT2D eigenvalue weighted by Gasteiger charge is -2.08. The van der Waals surface area contributed by atoms with Crippen molar-refractivity contribution in [3.63, 3.8) is 0 Å². The predicted molar refractivity (Wildman–Crippen MR) is 75.7 cm³/mol. The first-order valence-corrected chi connectivity index (χ1v) is 6.50. The van der Waals surface area contributed by atoms with Crippen LogP contribution in [0.1, 0.15) is 5.56 Å². The van der Waals surface area contributed by atoms with Crippen LogP contribution >= 0.6 is 39.1 Å². The second-order valence-electron chi connectivity index (χ2n) is 3.44. The Balaban J connectivity index is 2.08. The van der Waals surface area contributed by atoms with Gasteiger partial charge in [0.1, 0.15) is 0 Å². The topological polar surface area (TPSA) is 24.9 Å². The molecular weight excluding hydrogens is 323 g/mol. The summed E-state index contributed by atoms with van der Waals surface area (Å²) in [5.41, 5.74) is 1.89. The van der Waals surface area contributed by atoms with Gasteiger partial charge in [0.2, 0.25) is 0 Å². The molecule has 0 atom stereocenters. The van der Waals surface area contributed by atoms with E-state index < -0.39 is 0 Å². The molecule has 0 saturated carbocycles. The van der Waals surface area contributed by atoms with Crippen molar-refractivity contribution in [3.8, 4) is 0 Å². The maximum absolute atomic E-state index is 6.01. The molecule has 2 rings (SSSR count). The summed E-state index contributed by atoms with van der Waals surface area (Å²) in [6, 6.07) is 9.54. The Labute approximate surface area is 118 Å². The summed E-state index contributed by atoms with van der Waals surface area (Å²) < 4.78 is 0.891. The van der Waals surface area contributed by atoms with Crippen molar-refractivity contribution in [2.75, 3.05) is 5.32 Å². The summed E-state index contributed by atoms with van der Waals surface area (Å²) in [6.07, 6.45) is 1.66. The van der Waals surface area contributed by atoms with Crippen LogP contribution in [0.15, 0.2) is 41.0 Å². The predicted octanol–water partition coefficient (Wildman–Crippen LogP) is 4.76. The molecule has 2 aromatic rings. The third-order valence-electron chi connectivity index (χ3n) is 2.23. The van der Waals surface area contributed by atoms with E-state index in [1.165, 1.54) is 0 Å². The summed E-state index contributed by atoms with van der Waals surface area (Å²) in [7, 11) is 0. The maximum Gasteiger partial charge on any atom is 0.152 e. The Kier molecular flexibility index (Phi) is 4.26. The molecule has 2 nitrogen and oxygen atoms in total. The molecule has 0 fully saturated rings. The third kappa shape index (κ3) is 3.35. The molecule has 88 valence electrons. The molecule has 17 heavy (non-hydrogen) atoms. The van der Waals surface area contributed by atoms with Crippen LogP contribution in [-0.2, 0) is 6.54 Å². The van der Waals surface area contributed by atoms with Crippen molar-refractivity contribution in [2.24, 2.45) is 0 Å². The van der Waals surface area contributed by atoms with Crippen molar-refractivity contribution in [2.45, 2.75) is 6.54 Å². The van der Waals surface area contributed by atoms with Gasteiger partial charge in [0, 0.05) is 17.2 Å². The highest BCUT2D eigenvalue weighted by Gasteiger charge is 2.01. The number of halogens is 3. The molecule has 0 unspecified atom stereocenters. The number of nitrogens with one attached hydrogen (secondary N) is 1. The quantitative estimate of drug-likeness (QED) is 0.820. The fraction of sp³-hybridized carbons (Fsp3) is 0.0833. The van der Waals surface area contributed by atoms with E-state index in [1.54, 1.807) is 6.20 Å². The summed E-state index contributed by atoms with van der Waals surface area (Å²) in [4.78, 5) is 3.99. The molecule has 5 heteroatoms. The Hall–Kier alpha value is -0.770. The van der Waals surface area contributed by atoms with Gasteiger partial charge in [-0.25, -0.2) is 4.98 Å². The second-order valence-corrected chi connectivity index (χ2v) is 5.06. The van der Waals surface area contributed by atoms with Crippen molar-refractivity contribution in [3.05, 3.63) is 56.7 Å². The van der Waals surface area contributed by atoms with Gasteiger partial charge in [-0.3, -0.25) is 0 Å².